The summed E-state index contributed by atoms with van der Waals surface area (Å²) >= 11 is 6.37. The molecule has 2 fully saturated rings. The number of likely N-dealkylation sites (tertiary alicyclic amines) is 1. The van der Waals surface area contributed by atoms with Gasteiger partial charge in [0.1, 0.15) is 10.9 Å². The van der Waals surface area contributed by atoms with Crippen molar-refractivity contribution in [2.75, 3.05) is 25.4 Å². The van der Waals surface area contributed by atoms with E-state index in [0.717, 1.165) is 0 Å². The highest BCUT2D eigenvalue weighted by Crippen LogP contribution is 2.22. The second-order valence-electron chi connectivity index (χ2n) is 6.80. The number of hydrogen-bond donors (Lipinski definition) is 1. The Hall–Kier alpha value is -2.46. The normalized spacial score (nSPS) is 18.3. The first-order chi connectivity index (χ1) is 13.5. The Labute approximate surface area is 169 Å². The third kappa shape index (κ3) is 3.37. The summed E-state index contributed by atoms with van der Waals surface area (Å²) in [5, 5.41) is 0.471. The number of para-hydroxylation sites is 1. The maximum Gasteiger partial charge on any atom is 0.329 e. The minimum atomic E-state index is -0.432. The molecule has 10 heteroatoms. The quantitative estimate of drug-likeness (QED) is 0.738. The number of carbonyl (C=O) groups is 2. The van der Waals surface area contributed by atoms with E-state index in [4.69, 9.17) is 12.2 Å². The number of rotatable bonds is 3. The molecule has 2 amide bonds. The summed E-state index contributed by atoms with van der Waals surface area (Å²) in [5.41, 5.74) is -0.224. The molecule has 3 heterocycles. The number of hydrogen-bond acceptors (Lipinski definition) is 6. The monoisotopic (exact) mass is 418 g/mol. The highest BCUT2D eigenvalue weighted by molar-refractivity contribution is 8.23. The van der Waals surface area contributed by atoms with E-state index < -0.39 is 5.69 Å². The molecule has 0 aliphatic carbocycles. The number of aromatic amines is 1. The molecule has 146 valence electrons. The summed E-state index contributed by atoms with van der Waals surface area (Å²) in [6, 6.07) is 6.65. The van der Waals surface area contributed by atoms with Gasteiger partial charge in [0.25, 0.3) is 5.56 Å². The zero-order chi connectivity index (χ0) is 19.8. The first-order valence-corrected chi connectivity index (χ1v) is 10.3. The van der Waals surface area contributed by atoms with Crippen LogP contribution in [0.15, 0.2) is 33.9 Å². The molecule has 4 rings (SSSR count). The zero-order valence-electron chi connectivity index (χ0n) is 14.9. The van der Waals surface area contributed by atoms with Gasteiger partial charge in [0.15, 0.2) is 0 Å². The predicted octanol–water partition coefficient (Wildman–Crippen LogP) is 0.714. The molecule has 2 aliphatic heterocycles. The number of thioether (sulfide) groups is 1. The summed E-state index contributed by atoms with van der Waals surface area (Å²) < 4.78 is 1.70. The topological polar surface area (TPSA) is 95.5 Å². The average molecular weight is 419 g/mol. The van der Waals surface area contributed by atoms with Crippen molar-refractivity contribution in [2.24, 2.45) is 0 Å². The van der Waals surface area contributed by atoms with Gasteiger partial charge < -0.3 is 9.88 Å². The summed E-state index contributed by atoms with van der Waals surface area (Å²) in [6.07, 6.45) is 1.00. The van der Waals surface area contributed by atoms with Gasteiger partial charge in [-0.15, -0.1) is 0 Å². The number of aromatic nitrogens is 2. The number of thiocarbonyl (C=S) groups is 1. The number of piperidine rings is 1. The van der Waals surface area contributed by atoms with Crippen LogP contribution < -0.4 is 11.2 Å². The van der Waals surface area contributed by atoms with Crippen molar-refractivity contribution in [3.05, 3.63) is 45.1 Å². The Morgan fingerprint density at radius 1 is 1.18 bits per heavy atom. The summed E-state index contributed by atoms with van der Waals surface area (Å²) in [4.78, 5) is 55.3. The standard InChI is InChI=1S/C18H18N4O4S2/c23-14(9-21-15(24)10-28-18(21)27)20-7-5-11(6-8-20)22-16(25)12-3-1-2-4-13(12)19-17(22)26/h1-4,11H,5-10H2,(H,19,26). The Bertz CT molecular complexity index is 1070. The Morgan fingerprint density at radius 3 is 2.57 bits per heavy atom. The van der Waals surface area contributed by atoms with Crippen molar-refractivity contribution in [3.63, 3.8) is 0 Å². The molecule has 1 N–H and O–H groups in total. The van der Waals surface area contributed by atoms with Gasteiger partial charge >= 0.3 is 5.69 Å². The van der Waals surface area contributed by atoms with Gasteiger partial charge in [0, 0.05) is 19.1 Å². The molecule has 2 aromatic rings. The van der Waals surface area contributed by atoms with Gasteiger partial charge in [-0.3, -0.25) is 23.9 Å². The molecule has 2 saturated heterocycles. The van der Waals surface area contributed by atoms with Crippen molar-refractivity contribution in [3.8, 4) is 0 Å². The summed E-state index contributed by atoms with van der Waals surface area (Å²) in [7, 11) is 0. The third-order valence-corrected chi connectivity index (χ3v) is 6.59. The molecule has 0 atom stereocenters. The first kappa shape index (κ1) is 18.9. The number of nitrogens with zero attached hydrogens (tertiary/aromatic N) is 3. The molecule has 2 aliphatic rings. The van der Waals surface area contributed by atoms with Crippen LogP contribution in [0.2, 0.25) is 0 Å². The molecular weight excluding hydrogens is 400 g/mol. The molecule has 1 aromatic carbocycles. The van der Waals surface area contributed by atoms with Crippen LogP contribution in [0.25, 0.3) is 10.9 Å². The van der Waals surface area contributed by atoms with Gasteiger partial charge in [0.2, 0.25) is 11.8 Å². The van der Waals surface area contributed by atoms with E-state index in [-0.39, 0.29) is 35.7 Å². The molecule has 0 spiro atoms. The van der Waals surface area contributed by atoms with Gasteiger partial charge in [0.05, 0.1) is 16.7 Å². The Balaban J connectivity index is 1.47. The summed E-state index contributed by atoms with van der Waals surface area (Å²) in [6.45, 7) is 0.792. The third-order valence-electron chi connectivity index (χ3n) is 5.15. The van der Waals surface area contributed by atoms with Crippen LogP contribution >= 0.6 is 24.0 Å². The van der Waals surface area contributed by atoms with E-state index in [1.807, 2.05) is 0 Å². The van der Waals surface area contributed by atoms with Crippen LogP contribution in [0.3, 0.4) is 0 Å². The maximum absolute atomic E-state index is 12.8. The van der Waals surface area contributed by atoms with Crippen molar-refractivity contribution < 1.29 is 9.59 Å². The van der Waals surface area contributed by atoms with Crippen molar-refractivity contribution in [2.45, 2.75) is 18.9 Å². The number of fused-ring (bicyclic) bond motifs is 1. The van der Waals surface area contributed by atoms with Crippen LogP contribution in [0.4, 0.5) is 0 Å². The van der Waals surface area contributed by atoms with Crippen LogP contribution in [0, 0.1) is 0 Å². The van der Waals surface area contributed by atoms with E-state index >= 15 is 0 Å². The molecule has 8 nitrogen and oxygen atoms in total. The molecule has 0 unspecified atom stereocenters. The molecule has 0 saturated carbocycles. The average Bonchev–Trinajstić information content (AvgIpc) is 3.00. The van der Waals surface area contributed by atoms with Crippen LogP contribution in [0.5, 0.6) is 0 Å². The lowest BCUT2D eigenvalue weighted by Gasteiger charge is -2.33. The Kier molecular flexibility index (Phi) is 5.07. The van der Waals surface area contributed by atoms with E-state index in [9.17, 15) is 19.2 Å². The second kappa shape index (κ2) is 7.51. The largest absolute Gasteiger partial charge is 0.341 e. The van der Waals surface area contributed by atoms with Crippen molar-refractivity contribution >= 4 is 51.0 Å². The van der Waals surface area contributed by atoms with Crippen molar-refractivity contribution in [1.29, 1.82) is 0 Å². The number of benzene rings is 1. The highest BCUT2D eigenvalue weighted by Gasteiger charge is 2.32. The van der Waals surface area contributed by atoms with E-state index in [2.05, 4.69) is 4.98 Å². The number of H-pyrrole nitrogens is 1. The van der Waals surface area contributed by atoms with Crippen LogP contribution in [0.1, 0.15) is 18.9 Å². The fourth-order valence-electron chi connectivity index (χ4n) is 3.65. The lowest BCUT2D eigenvalue weighted by Crippen LogP contribution is -2.48. The lowest BCUT2D eigenvalue weighted by atomic mass is 10.0. The van der Waals surface area contributed by atoms with E-state index in [1.165, 1.54) is 21.2 Å². The molecule has 0 bridgehead atoms. The minimum Gasteiger partial charge on any atom is -0.341 e. The maximum atomic E-state index is 12.8. The van der Waals surface area contributed by atoms with Crippen LogP contribution in [-0.4, -0.2) is 60.9 Å². The summed E-state index contributed by atoms with van der Waals surface area (Å²) in [5.74, 6) is -0.0362. The SMILES string of the molecule is O=C(CN1C(=O)CSC1=S)N1CCC(n2c(=O)[nH]c3ccccc3c2=O)CC1. The molecule has 0 radical (unpaired) electrons. The second-order valence-corrected chi connectivity index (χ2v) is 8.41. The minimum absolute atomic E-state index is 0.0498. The van der Waals surface area contributed by atoms with Gasteiger partial charge in [-0.2, -0.15) is 0 Å². The zero-order valence-corrected chi connectivity index (χ0v) is 16.6. The van der Waals surface area contributed by atoms with Gasteiger partial charge in [-0.1, -0.05) is 36.1 Å². The highest BCUT2D eigenvalue weighted by atomic mass is 32.2. The van der Waals surface area contributed by atoms with Crippen LogP contribution in [-0.2, 0) is 9.59 Å². The molecule has 1 aromatic heterocycles. The van der Waals surface area contributed by atoms with Gasteiger partial charge in [-0.25, -0.2) is 4.79 Å². The fraction of sp³-hybridized carbons (Fsp3) is 0.389. The molecule has 28 heavy (non-hydrogen) atoms. The van der Waals surface area contributed by atoms with E-state index in [0.29, 0.717) is 41.2 Å². The number of amides is 2. The lowest BCUT2D eigenvalue weighted by molar-refractivity contribution is -0.136. The smallest absolute Gasteiger partial charge is 0.329 e. The van der Waals surface area contributed by atoms with Crippen molar-refractivity contribution in [1.82, 2.24) is 19.4 Å². The molecular formula is C18H18N4O4S2. The van der Waals surface area contributed by atoms with E-state index in [1.54, 1.807) is 29.2 Å². The predicted molar refractivity (Wildman–Crippen MR) is 110 cm³/mol. The Morgan fingerprint density at radius 2 is 1.89 bits per heavy atom. The number of nitrogens with one attached hydrogen (secondary N) is 1. The van der Waals surface area contributed by atoms with Gasteiger partial charge in [-0.05, 0) is 25.0 Å². The number of carbonyl (C=O) groups excluding carboxylic acids is 2. The first-order valence-electron chi connectivity index (χ1n) is 8.94. The fourth-order valence-corrected chi connectivity index (χ4v) is 4.72.